The molecule has 104 valence electrons. The highest BCUT2D eigenvalue weighted by molar-refractivity contribution is 5.88. The second kappa shape index (κ2) is 5.25. The molecule has 0 saturated heterocycles. The molecule has 1 heterocycles. The van der Waals surface area contributed by atoms with E-state index in [1.807, 2.05) is 37.3 Å². The first-order valence-electron chi connectivity index (χ1n) is 6.64. The summed E-state index contributed by atoms with van der Waals surface area (Å²) in [5, 5.41) is 12.0. The highest BCUT2D eigenvalue weighted by Crippen LogP contribution is 2.23. The number of H-pyrrole nitrogens is 1. The van der Waals surface area contributed by atoms with Gasteiger partial charge in [0.1, 0.15) is 0 Å². The fraction of sp³-hybridized carbons (Fsp3) is 0.0588. The third-order valence-electron chi connectivity index (χ3n) is 3.42. The maximum Gasteiger partial charge on any atom is 0.270 e. The second-order valence-corrected chi connectivity index (χ2v) is 4.95. The van der Waals surface area contributed by atoms with Gasteiger partial charge in [-0.3, -0.25) is 10.1 Å². The summed E-state index contributed by atoms with van der Waals surface area (Å²) < 4.78 is 0. The van der Waals surface area contributed by atoms with E-state index in [4.69, 9.17) is 0 Å². The van der Waals surface area contributed by atoms with Gasteiger partial charge in [0, 0.05) is 23.3 Å². The van der Waals surface area contributed by atoms with E-state index in [1.165, 1.54) is 6.07 Å². The summed E-state index contributed by atoms with van der Waals surface area (Å²) >= 11 is 0. The van der Waals surface area contributed by atoms with Gasteiger partial charge >= 0.3 is 0 Å². The molecule has 3 rings (SSSR count). The first-order valence-corrected chi connectivity index (χ1v) is 6.64. The summed E-state index contributed by atoms with van der Waals surface area (Å²) in [6, 6.07) is 16.8. The van der Waals surface area contributed by atoms with Gasteiger partial charge in [-0.1, -0.05) is 30.3 Å². The molecule has 0 aliphatic heterocycles. The molecule has 2 aromatic carbocycles. The molecule has 0 bridgehead atoms. The van der Waals surface area contributed by atoms with Crippen LogP contribution in [0, 0.1) is 10.1 Å². The summed E-state index contributed by atoms with van der Waals surface area (Å²) in [5.74, 6) is 0. The van der Waals surface area contributed by atoms with Crippen molar-refractivity contribution >= 4 is 28.2 Å². The number of hydrogen-bond acceptors (Lipinski definition) is 2. The Morgan fingerprint density at radius 1 is 1.14 bits per heavy atom. The minimum atomic E-state index is -0.379. The smallest absolute Gasteiger partial charge is 0.270 e. The molecule has 0 radical (unpaired) electrons. The first-order chi connectivity index (χ1) is 10.1. The minimum absolute atomic E-state index is 0.105. The van der Waals surface area contributed by atoms with Crippen LogP contribution in [0.15, 0.2) is 54.6 Å². The lowest BCUT2D eigenvalue weighted by Gasteiger charge is -1.99. The van der Waals surface area contributed by atoms with Crippen LogP contribution in [-0.4, -0.2) is 9.91 Å². The molecular weight excluding hydrogens is 264 g/mol. The summed E-state index contributed by atoms with van der Waals surface area (Å²) in [7, 11) is 0. The third kappa shape index (κ3) is 2.69. The number of para-hydroxylation sites is 1. The number of fused-ring (bicyclic) bond motifs is 1. The van der Waals surface area contributed by atoms with Crippen molar-refractivity contribution in [3.8, 4) is 0 Å². The molecule has 21 heavy (non-hydrogen) atoms. The van der Waals surface area contributed by atoms with Gasteiger partial charge < -0.3 is 4.98 Å². The number of benzene rings is 2. The standard InChI is InChI=1S/C17H14N2O2/c1-12(9-13-5-4-7-15(10-13)19(20)21)17-11-14-6-2-3-8-16(14)18-17/h2-11,18H,1H3/b12-9+. The maximum absolute atomic E-state index is 10.8. The van der Waals surface area contributed by atoms with Crippen LogP contribution >= 0.6 is 0 Å². The van der Waals surface area contributed by atoms with Crippen molar-refractivity contribution in [2.45, 2.75) is 6.92 Å². The minimum Gasteiger partial charge on any atom is -0.355 e. The van der Waals surface area contributed by atoms with Crippen molar-refractivity contribution in [3.05, 3.63) is 76.0 Å². The average molecular weight is 278 g/mol. The SMILES string of the molecule is C/C(=C\c1cccc([N+](=O)[O-])c1)c1cc2ccccc2[nH]1. The fourth-order valence-corrected chi connectivity index (χ4v) is 2.34. The highest BCUT2D eigenvalue weighted by atomic mass is 16.6. The molecule has 0 aliphatic carbocycles. The number of non-ortho nitro benzene ring substituents is 1. The number of rotatable bonds is 3. The highest BCUT2D eigenvalue weighted by Gasteiger charge is 2.06. The van der Waals surface area contributed by atoms with Gasteiger partial charge in [0.05, 0.1) is 4.92 Å². The van der Waals surface area contributed by atoms with Gasteiger partial charge in [-0.15, -0.1) is 0 Å². The second-order valence-electron chi connectivity index (χ2n) is 4.95. The Morgan fingerprint density at radius 2 is 1.95 bits per heavy atom. The summed E-state index contributed by atoms with van der Waals surface area (Å²) in [5.41, 5.74) is 4.06. The van der Waals surface area contributed by atoms with E-state index in [0.717, 1.165) is 27.7 Å². The largest absolute Gasteiger partial charge is 0.355 e. The molecule has 1 aromatic heterocycles. The van der Waals surface area contributed by atoms with E-state index in [1.54, 1.807) is 12.1 Å². The quantitative estimate of drug-likeness (QED) is 0.560. The Bertz CT molecular complexity index is 814. The van der Waals surface area contributed by atoms with E-state index in [-0.39, 0.29) is 10.6 Å². The lowest BCUT2D eigenvalue weighted by Crippen LogP contribution is -1.88. The van der Waals surface area contributed by atoms with E-state index in [2.05, 4.69) is 17.1 Å². The van der Waals surface area contributed by atoms with Gasteiger partial charge in [-0.2, -0.15) is 0 Å². The number of nitro groups is 1. The molecule has 4 nitrogen and oxygen atoms in total. The summed E-state index contributed by atoms with van der Waals surface area (Å²) in [6.45, 7) is 1.99. The normalized spacial score (nSPS) is 11.8. The van der Waals surface area contributed by atoms with Crippen LogP contribution in [0.4, 0.5) is 5.69 Å². The van der Waals surface area contributed by atoms with Crippen LogP contribution in [0.25, 0.3) is 22.6 Å². The predicted octanol–water partition coefficient (Wildman–Crippen LogP) is 4.64. The number of aromatic nitrogens is 1. The zero-order chi connectivity index (χ0) is 14.8. The van der Waals surface area contributed by atoms with Crippen LogP contribution in [0.2, 0.25) is 0 Å². The van der Waals surface area contributed by atoms with Gasteiger partial charge in [0.2, 0.25) is 0 Å². The van der Waals surface area contributed by atoms with E-state index in [9.17, 15) is 10.1 Å². The molecule has 0 fully saturated rings. The van der Waals surface area contributed by atoms with Gasteiger partial charge in [-0.05, 0) is 41.7 Å². The average Bonchev–Trinajstić information content (AvgIpc) is 2.91. The van der Waals surface area contributed by atoms with Crippen LogP contribution in [0.1, 0.15) is 18.2 Å². The summed E-state index contributed by atoms with van der Waals surface area (Å²) in [6.07, 6.45) is 1.94. The number of allylic oxidation sites excluding steroid dienone is 1. The molecular formula is C17H14N2O2. The molecule has 3 aromatic rings. The van der Waals surface area contributed by atoms with E-state index < -0.39 is 0 Å². The Balaban J connectivity index is 1.98. The molecule has 0 atom stereocenters. The predicted molar refractivity (Wildman–Crippen MR) is 84.9 cm³/mol. The number of nitro benzene ring substituents is 1. The van der Waals surface area contributed by atoms with Crippen LogP contribution in [0.5, 0.6) is 0 Å². The number of aromatic amines is 1. The van der Waals surface area contributed by atoms with Crippen LogP contribution < -0.4 is 0 Å². The number of nitrogens with one attached hydrogen (secondary N) is 1. The number of hydrogen-bond donors (Lipinski definition) is 1. The molecule has 0 saturated carbocycles. The first kappa shape index (κ1) is 13.1. The summed E-state index contributed by atoms with van der Waals surface area (Å²) in [4.78, 5) is 13.8. The zero-order valence-corrected chi connectivity index (χ0v) is 11.5. The maximum atomic E-state index is 10.8. The van der Waals surface area contributed by atoms with Crippen molar-refractivity contribution in [1.82, 2.24) is 4.98 Å². The van der Waals surface area contributed by atoms with Crippen molar-refractivity contribution in [3.63, 3.8) is 0 Å². The topological polar surface area (TPSA) is 58.9 Å². The Hall–Kier alpha value is -2.88. The number of nitrogens with zero attached hydrogens (tertiary/aromatic N) is 1. The third-order valence-corrected chi connectivity index (χ3v) is 3.42. The van der Waals surface area contributed by atoms with Crippen molar-refractivity contribution < 1.29 is 4.92 Å². The Morgan fingerprint density at radius 3 is 2.71 bits per heavy atom. The fourth-order valence-electron chi connectivity index (χ4n) is 2.34. The molecule has 0 unspecified atom stereocenters. The molecule has 4 heteroatoms. The van der Waals surface area contributed by atoms with Crippen LogP contribution in [0.3, 0.4) is 0 Å². The lowest BCUT2D eigenvalue weighted by atomic mass is 10.1. The zero-order valence-electron chi connectivity index (χ0n) is 11.5. The van der Waals surface area contributed by atoms with Crippen molar-refractivity contribution in [2.24, 2.45) is 0 Å². The Labute approximate surface area is 121 Å². The Kier molecular flexibility index (Phi) is 3.28. The van der Waals surface area contributed by atoms with Gasteiger partial charge in [0.15, 0.2) is 0 Å². The molecule has 0 spiro atoms. The van der Waals surface area contributed by atoms with Crippen molar-refractivity contribution in [2.75, 3.05) is 0 Å². The lowest BCUT2D eigenvalue weighted by molar-refractivity contribution is -0.384. The molecule has 0 amide bonds. The van der Waals surface area contributed by atoms with Crippen molar-refractivity contribution in [1.29, 1.82) is 0 Å². The van der Waals surface area contributed by atoms with E-state index in [0.29, 0.717) is 0 Å². The van der Waals surface area contributed by atoms with E-state index >= 15 is 0 Å². The molecule has 1 N–H and O–H groups in total. The molecule has 0 aliphatic rings. The van der Waals surface area contributed by atoms with Gasteiger partial charge in [0.25, 0.3) is 5.69 Å². The van der Waals surface area contributed by atoms with Crippen LogP contribution in [-0.2, 0) is 0 Å². The monoisotopic (exact) mass is 278 g/mol. The van der Waals surface area contributed by atoms with Gasteiger partial charge in [-0.25, -0.2) is 0 Å².